The van der Waals surface area contributed by atoms with Crippen LogP contribution in [-0.4, -0.2) is 43.0 Å². The smallest absolute Gasteiger partial charge is 0.251 e. The number of hydrogen-bond donors (Lipinski definition) is 1. The zero-order valence-corrected chi connectivity index (χ0v) is 18.4. The molecule has 3 rings (SSSR count). The molecule has 0 spiro atoms. The summed E-state index contributed by atoms with van der Waals surface area (Å²) < 4.78 is 0. The Bertz CT molecular complexity index is 967. The van der Waals surface area contributed by atoms with Crippen molar-refractivity contribution in [2.24, 2.45) is 5.41 Å². The molecule has 1 amide bonds. The molecule has 0 aliphatic carbocycles. The van der Waals surface area contributed by atoms with Crippen molar-refractivity contribution in [1.29, 1.82) is 0 Å². The van der Waals surface area contributed by atoms with Crippen molar-refractivity contribution in [1.82, 2.24) is 15.2 Å². The number of aromatic nitrogens is 1. The van der Waals surface area contributed by atoms with E-state index in [1.165, 1.54) is 5.56 Å². The third kappa shape index (κ3) is 6.31. The molecule has 0 unspecified atom stereocenters. The van der Waals surface area contributed by atoms with E-state index in [2.05, 4.69) is 42.3 Å². The fraction of sp³-hybridized carbons (Fsp3) is 0.333. The molecule has 0 radical (unpaired) electrons. The highest BCUT2D eigenvalue weighted by molar-refractivity contribution is 7.98. The molecule has 0 aliphatic rings. The van der Waals surface area contributed by atoms with Crippen molar-refractivity contribution < 1.29 is 4.79 Å². The Morgan fingerprint density at radius 1 is 1.03 bits per heavy atom. The van der Waals surface area contributed by atoms with Crippen LogP contribution in [0, 0.1) is 5.41 Å². The Labute approximate surface area is 177 Å². The lowest BCUT2D eigenvalue weighted by Crippen LogP contribution is -2.39. The molecule has 1 aromatic heterocycles. The first-order chi connectivity index (χ1) is 13.8. The Morgan fingerprint density at radius 3 is 2.48 bits per heavy atom. The molecule has 3 aromatic rings. The van der Waals surface area contributed by atoms with E-state index in [9.17, 15) is 4.79 Å². The van der Waals surface area contributed by atoms with E-state index in [-0.39, 0.29) is 11.3 Å². The molecule has 1 N–H and O–H groups in total. The summed E-state index contributed by atoms with van der Waals surface area (Å²) in [6, 6.07) is 20.2. The van der Waals surface area contributed by atoms with Gasteiger partial charge in [0.05, 0.1) is 10.5 Å². The zero-order valence-electron chi connectivity index (χ0n) is 17.6. The second-order valence-corrected chi connectivity index (χ2v) is 9.41. The van der Waals surface area contributed by atoms with Gasteiger partial charge in [0.15, 0.2) is 0 Å². The number of nitrogens with zero attached hydrogens (tertiary/aromatic N) is 2. The number of para-hydroxylation sites is 1. The topological polar surface area (TPSA) is 45.2 Å². The van der Waals surface area contributed by atoms with Gasteiger partial charge in [0.25, 0.3) is 5.91 Å². The lowest BCUT2D eigenvalue weighted by atomic mass is 9.93. The Balaban J connectivity index is 1.54. The SMILES string of the molecule is CN(C)CC(C)(C)CNC(=O)c1ccc(CSc2ccc3ccccc3n2)cc1. The van der Waals surface area contributed by atoms with Crippen LogP contribution in [0.15, 0.2) is 65.7 Å². The van der Waals surface area contributed by atoms with Crippen molar-refractivity contribution in [3.63, 3.8) is 0 Å². The maximum atomic E-state index is 12.5. The fourth-order valence-corrected chi connectivity index (χ4v) is 4.21. The standard InChI is InChI=1S/C24H29N3OS/c1-24(2,17-27(3)4)16-25-23(28)20-11-9-18(10-12-20)15-29-22-14-13-19-7-5-6-8-21(19)26-22/h5-14H,15-17H2,1-4H3,(H,25,28). The van der Waals surface area contributed by atoms with Crippen molar-refractivity contribution >= 4 is 28.6 Å². The van der Waals surface area contributed by atoms with Gasteiger partial charge in [0.2, 0.25) is 0 Å². The fourth-order valence-electron chi connectivity index (χ4n) is 3.37. The lowest BCUT2D eigenvalue weighted by Gasteiger charge is -2.28. The largest absolute Gasteiger partial charge is 0.351 e. The zero-order chi connectivity index (χ0) is 20.9. The maximum Gasteiger partial charge on any atom is 0.251 e. The van der Waals surface area contributed by atoms with Crippen LogP contribution in [-0.2, 0) is 5.75 Å². The average molecular weight is 408 g/mol. The van der Waals surface area contributed by atoms with Crippen LogP contribution in [0.25, 0.3) is 10.9 Å². The number of thioether (sulfide) groups is 1. The molecule has 4 nitrogen and oxygen atoms in total. The predicted octanol–water partition coefficient (Wildman–Crippen LogP) is 4.84. The second-order valence-electron chi connectivity index (χ2n) is 8.41. The molecule has 152 valence electrons. The normalized spacial score (nSPS) is 11.8. The second kappa shape index (κ2) is 9.42. The third-order valence-electron chi connectivity index (χ3n) is 4.65. The monoisotopic (exact) mass is 407 g/mol. The van der Waals surface area contributed by atoms with E-state index in [0.29, 0.717) is 12.1 Å². The minimum atomic E-state index is -0.0211. The van der Waals surface area contributed by atoms with E-state index in [1.807, 2.05) is 56.6 Å². The number of rotatable bonds is 8. The van der Waals surface area contributed by atoms with E-state index in [0.717, 1.165) is 28.2 Å². The van der Waals surface area contributed by atoms with Crippen LogP contribution in [0.4, 0.5) is 0 Å². The molecule has 5 heteroatoms. The van der Waals surface area contributed by atoms with Crippen molar-refractivity contribution in [3.8, 4) is 0 Å². The third-order valence-corrected chi connectivity index (χ3v) is 5.65. The van der Waals surface area contributed by atoms with E-state index in [1.54, 1.807) is 11.8 Å². The van der Waals surface area contributed by atoms with Crippen LogP contribution >= 0.6 is 11.8 Å². The molecule has 2 aromatic carbocycles. The van der Waals surface area contributed by atoms with Gasteiger partial charge in [-0.05, 0) is 49.3 Å². The van der Waals surface area contributed by atoms with Gasteiger partial charge in [-0.25, -0.2) is 4.98 Å². The summed E-state index contributed by atoms with van der Waals surface area (Å²) in [5.41, 5.74) is 2.92. The first-order valence-electron chi connectivity index (χ1n) is 9.83. The number of fused-ring (bicyclic) bond motifs is 1. The predicted molar refractivity (Wildman–Crippen MR) is 122 cm³/mol. The van der Waals surface area contributed by atoms with Crippen LogP contribution < -0.4 is 5.32 Å². The highest BCUT2D eigenvalue weighted by Gasteiger charge is 2.20. The lowest BCUT2D eigenvalue weighted by molar-refractivity contribution is 0.0929. The number of pyridine rings is 1. The molecule has 1 heterocycles. The number of amides is 1. The summed E-state index contributed by atoms with van der Waals surface area (Å²) in [6.07, 6.45) is 0. The summed E-state index contributed by atoms with van der Waals surface area (Å²) in [5.74, 6) is 0.801. The molecule has 0 atom stereocenters. The van der Waals surface area contributed by atoms with Gasteiger partial charge in [0.1, 0.15) is 0 Å². The first kappa shape index (κ1) is 21.3. The molecule has 0 aliphatic heterocycles. The van der Waals surface area contributed by atoms with Gasteiger partial charge in [0, 0.05) is 29.8 Å². The number of hydrogen-bond acceptors (Lipinski definition) is 4. The molecule has 0 bridgehead atoms. The number of nitrogens with one attached hydrogen (secondary N) is 1. The summed E-state index contributed by atoms with van der Waals surface area (Å²) in [5, 5.41) is 5.22. The van der Waals surface area contributed by atoms with E-state index >= 15 is 0 Å². The van der Waals surface area contributed by atoms with Crippen LogP contribution in [0.1, 0.15) is 29.8 Å². The highest BCUT2D eigenvalue weighted by atomic mass is 32.2. The van der Waals surface area contributed by atoms with Gasteiger partial charge in [-0.1, -0.05) is 50.2 Å². The van der Waals surface area contributed by atoms with Crippen molar-refractivity contribution in [3.05, 3.63) is 71.8 Å². The minimum Gasteiger partial charge on any atom is -0.351 e. The Hall–Kier alpha value is -2.37. The minimum absolute atomic E-state index is 0.0211. The number of carbonyl (C=O) groups excluding carboxylic acids is 1. The van der Waals surface area contributed by atoms with Crippen molar-refractivity contribution in [2.45, 2.75) is 24.6 Å². The molecule has 0 saturated heterocycles. The molecule has 29 heavy (non-hydrogen) atoms. The van der Waals surface area contributed by atoms with Crippen molar-refractivity contribution in [2.75, 3.05) is 27.2 Å². The molecule has 0 fully saturated rings. The summed E-state index contributed by atoms with van der Waals surface area (Å²) in [7, 11) is 4.10. The van der Waals surface area contributed by atoms with Gasteiger partial charge in [-0.15, -0.1) is 11.8 Å². The Kier molecular flexibility index (Phi) is 6.93. The molecule has 0 saturated carbocycles. The van der Waals surface area contributed by atoms with Gasteiger partial charge in [-0.2, -0.15) is 0 Å². The van der Waals surface area contributed by atoms with Crippen LogP contribution in [0.5, 0.6) is 0 Å². The number of carbonyl (C=O) groups is 1. The first-order valence-corrected chi connectivity index (χ1v) is 10.8. The maximum absolute atomic E-state index is 12.5. The van der Waals surface area contributed by atoms with E-state index < -0.39 is 0 Å². The van der Waals surface area contributed by atoms with Gasteiger partial charge in [-0.3, -0.25) is 4.79 Å². The van der Waals surface area contributed by atoms with E-state index in [4.69, 9.17) is 4.98 Å². The molecular formula is C24H29N3OS. The summed E-state index contributed by atoms with van der Waals surface area (Å²) in [4.78, 5) is 19.3. The summed E-state index contributed by atoms with van der Waals surface area (Å²) in [6.45, 7) is 5.89. The van der Waals surface area contributed by atoms with Gasteiger partial charge < -0.3 is 10.2 Å². The highest BCUT2D eigenvalue weighted by Crippen LogP contribution is 2.23. The average Bonchev–Trinajstić information content (AvgIpc) is 2.70. The Morgan fingerprint density at radius 2 is 1.76 bits per heavy atom. The summed E-state index contributed by atoms with van der Waals surface area (Å²) >= 11 is 1.71. The van der Waals surface area contributed by atoms with Crippen LogP contribution in [0.2, 0.25) is 0 Å². The van der Waals surface area contributed by atoms with Crippen LogP contribution in [0.3, 0.4) is 0 Å². The van der Waals surface area contributed by atoms with Gasteiger partial charge >= 0.3 is 0 Å². The quantitative estimate of drug-likeness (QED) is 0.543. The number of benzene rings is 2. The molecular weight excluding hydrogens is 378 g/mol.